The second kappa shape index (κ2) is 12.5. The van der Waals surface area contributed by atoms with Crippen LogP contribution in [0.2, 0.25) is 10.0 Å². The van der Waals surface area contributed by atoms with Crippen molar-refractivity contribution in [1.29, 1.82) is 0 Å². The van der Waals surface area contributed by atoms with E-state index in [1.807, 2.05) is 24.3 Å². The molecule has 4 amide bonds. The van der Waals surface area contributed by atoms with Gasteiger partial charge in [-0.05, 0) is 66.4 Å². The van der Waals surface area contributed by atoms with Gasteiger partial charge in [0, 0.05) is 32.6 Å². The van der Waals surface area contributed by atoms with Crippen molar-refractivity contribution in [2.45, 2.75) is 44.9 Å². The Labute approximate surface area is 248 Å². The average Bonchev–Trinajstić information content (AvgIpc) is 3.19. The summed E-state index contributed by atoms with van der Waals surface area (Å²) in [5.74, 6) is -2.01. The summed E-state index contributed by atoms with van der Waals surface area (Å²) in [7, 11) is 2.09. The molecule has 8 nitrogen and oxygen atoms in total. The monoisotopic (exact) mass is 592 g/mol. The minimum absolute atomic E-state index is 0.0940. The number of carbonyl (C=O) groups excluding carboxylic acids is 4. The molecule has 1 saturated heterocycles. The van der Waals surface area contributed by atoms with E-state index in [4.69, 9.17) is 23.2 Å². The minimum Gasteiger partial charge on any atom is -0.309 e. The number of fused-ring (bicyclic) bond motifs is 1. The van der Waals surface area contributed by atoms with Crippen LogP contribution in [-0.4, -0.2) is 53.1 Å². The maximum atomic E-state index is 13.0. The van der Waals surface area contributed by atoms with E-state index in [2.05, 4.69) is 46.8 Å². The first kappa shape index (κ1) is 29.0. The van der Waals surface area contributed by atoms with Gasteiger partial charge < -0.3 is 10.2 Å². The summed E-state index contributed by atoms with van der Waals surface area (Å²) >= 11 is 12.1. The molecule has 2 aliphatic rings. The third-order valence-electron chi connectivity index (χ3n) is 7.40. The Bertz CT molecular complexity index is 1510. The number of imide groups is 2. The van der Waals surface area contributed by atoms with Gasteiger partial charge >= 0.3 is 0 Å². The third kappa shape index (κ3) is 6.68. The average molecular weight is 594 g/mol. The zero-order chi connectivity index (χ0) is 29.1. The summed E-state index contributed by atoms with van der Waals surface area (Å²) in [5.41, 5.74) is 4.91. The van der Waals surface area contributed by atoms with E-state index >= 15 is 0 Å². The molecule has 2 heterocycles. The summed E-state index contributed by atoms with van der Waals surface area (Å²) in [6.07, 6.45) is 1.11. The second-order valence-electron chi connectivity index (χ2n) is 10.5. The number of nitrogens with zero attached hydrogens (tertiary/aromatic N) is 2. The highest BCUT2D eigenvalue weighted by atomic mass is 35.5. The number of hydrogen-bond donors (Lipinski definition) is 2. The van der Waals surface area contributed by atoms with Crippen molar-refractivity contribution in [3.63, 3.8) is 0 Å². The number of amides is 4. The fourth-order valence-electron chi connectivity index (χ4n) is 5.15. The minimum atomic E-state index is -0.966. The second-order valence-corrected chi connectivity index (χ2v) is 11.3. The van der Waals surface area contributed by atoms with Gasteiger partial charge in [-0.3, -0.25) is 29.4 Å². The highest BCUT2D eigenvalue weighted by molar-refractivity contribution is 6.42. The van der Waals surface area contributed by atoms with Crippen LogP contribution >= 0.6 is 23.2 Å². The molecule has 1 atom stereocenters. The van der Waals surface area contributed by atoms with E-state index in [9.17, 15) is 19.2 Å². The first-order valence-electron chi connectivity index (χ1n) is 13.4. The summed E-state index contributed by atoms with van der Waals surface area (Å²) in [5, 5.41) is 6.74. The van der Waals surface area contributed by atoms with Gasteiger partial charge in [-0.1, -0.05) is 59.6 Å². The lowest BCUT2D eigenvalue weighted by Crippen LogP contribution is -2.54. The van der Waals surface area contributed by atoms with Crippen molar-refractivity contribution in [1.82, 2.24) is 20.4 Å². The summed E-state index contributed by atoms with van der Waals surface area (Å²) in [6, 6.07) is 18.3. The molecule has 212 valence electrons. The lowest BCUT2D eigenvalue weighted by Gasteiger charge is -2.27. The van der Waals surface area contributed by atoms with Crippen LogP contribution in [0, 0.1) is 0 Å². The molecule has 0 aliphatic carbocycles. The number of hydrogen-bond acceptors (Lipinski definition) is 6. The largest absolute Gasteiger partial charge is 0.309 e. The Hall–Kier alpha value is -3.56. The Morgan fingerprint density at radius 1 is 0.829 bits per heavy atom. The van der Waals surface area contributed by atoms with E-state index in [0.717, 1.165) is 41.1 Å². The standard InChI is InChI=1S/C31H30Cl2N4O4/c1-36(13-12-19-7-9-25(32)26(33)15-19)18-21-4-2-20(3-5-21)16-34-17-22-6-8-23-24(14-22)31(41)37(30(23)40)27-10-11-28(38)35-29(27)39/h2-9,14-15,27,34H,10-13,16-18H2,1H3,(H,35,38,39). The maximum Gasteiger partial charge on any atom is 0.262 e. The SMILES string of the molecule is CN(CCc1ccc(Cl)c(Cl)c1)Cc1ccc(CNCc2ccc3c(c2)C(=O)N(C2CCC(=O)NC2=O)C3=O)cc1. The molecule has 1 fully saturated rings. The van der Waals surface area contributed by atoms with Gasteiger partial charge in [-0.15, -0.1) is 0 Å². The van der Waals surface area contributed by atoms with Gasteiger partial charge in [-0.25, -0.2) is 0 Å². The molecule has 5 rings (SSSR count). The number of nitrogens with one attached hydrogen (secondary N) is 2. The highest BCUT2D eigenvalue weighted by Gasteiger charge is 2.44. The number of benzene rings is 3. The lowest BCUT2D eigenvalue weighted by molar-refractivity contribution is -0.136. The molecule has 10 heteroatoms. The van der Waals surface area contributed by atoms with Gasteiger partial charge in [0.2, 0.25) is 11.8 Å². The van der Waals surface area contributed by atoms with Crippen LogP contribution in [0.25, 0.3) is 0 Å². The fraction of sp³-hybridized carbons (Fsp3) is 0.290. The van der Waals surface area contributed by atoms with Gasteiger partial charge in [0.1, 0.15) is 6.04 Å². The highest BCUT2D eigenvalue weighted by Crippen LogP contribution is 2.28. The molecule has 0 radical (unpaired) electrons. The van der Waals surface area contributed by atoms with E-state index in [1.165, 1.54) is 5.56 Å². The Morgan fingerprint density at radius 2 is 1.49 bits per heavy atom. The van der Waals surface area contributed by atoms with Crippen molar-refractivity contribution >= 4 is 46.8 Å². The predicted molar refractivity (Wildman–Crippen MR) is 157 cm³/mol. The topological polar surface area (TPSA) is 98.8 Å². The van der Waals surface area contributed by atoms with Crippen LogP contribution in [0.1, 0.15) is 55.8 Å². The van der Waals surface area contributed by atoms with Crippen molar-refractivity contribution in [2.75, 3.05) is 13.6 Å². The van der Waals surface area contributed by atoms with Crippen LogP contribution in [0.3, 0.4) is 0 Å². The van der Waals surface area contributed by atoms with Crippen molar-refractivity contribution in [3.8, 4) is 0 Å². The fourth-order valence-corrected chi connectivity index (χ4v) is 5.47. The van der Waals surface area contributed by atoms with Crippen molar-refractivity contribution in [2.24, 2.45) is 0 Å². The number of halogens is 2. The van der Waals surface area contributed by atoms with Crippen LogP contribution in [-0.2, 0) is 35.6 Å². The first-order valence-corrected chi connectivity index (χ1v) is 14.2. The predicted octanol–water partition coefficient (Wildman–Crippen LogP) is 4.36. The molecule has 0 aromatic heterocycles. The molecule has 0 saturated carbocycles. The number of piperidine rings is 1. The van der Waals surface area contributed by atoms with Crippen molar-refractivity contribution < 1.29 is 19.2 Å². The zero-order valence-corrected chi connectivity index (χ0v) is 24.1. The van der Waals surface area contributed by atoms with E-state index < -0.39 is 29.7 Å². The summed E-state index contributed by atoms with van der Waals surface area (Å²) in [6.45, 7) is 2.86. The summed E-state index contributed by atoms with van der Waals surface area (Å²) < 4.78 is 0. The molecule has 2 N–H and O–H groups in total. The Morgan fingerprint density at radius 3 is 2.22 bits per heavy atom. The van der Waals surface area contributed by atoms with Gasteiger partial charge in [0.05, 0.1) is 21.2 Å². The van der Waals surface area contributed by atoms with Gasteiger partial charge in [0.15, 0.2) is 0 Å². The molecule has 3 aromatic rings. The van der Waals surface area contributed by atoms with Crippen molar-refractivity contribution in [3.05, 3.63) is 104 Å². The molecular weight excluding hydrogens is 563 g/mol. The van der Waals surface area contributed by atoms with E-state index in [0.29, 0.717) is 23.1 Å². The number of carbonyl (C=O) groups is 4. The molecule has 2 aliphatic heterocycles. The van der Waals surface area contributed by atoms with E-state index in [1.54, 1.807) is 12.1 Å². The number of likely N-dealkylation sites (N-methyl/N-ethyl adjacent to an activating group) is 1. The number of rotatable bonds is 10. The van der Waals surface area contributed by atoms with Gasteiger partial charge in [-0.2, -0.15) is 0 Å². The van der Waals surface area contributed by atoms with Crippen LogP contribution in [0.15, 0.2) is 60.7 Å². The van der Waals surface area contributed by atoms with E-state index in [-0.39, 0.29) is 24.0 Å². The Balaban J connectivity index is 1.11. The maximum absolute atomic E-state index is 13.0. The first-order chi connectivity index (χ1) is 19.7. The molecule has 0 spiro atoms. The zero-order valence-electron chi connectivity index (χ0n) is 22.6. The third-order valence-corrected chi connectivity index (χ3v) is 8.14. The van der Waals surface area contributed by atoms with Gasteiger partial charge in [0.25, 0.3) is 11.8 Å². The molecule has 1 unspecified atom stereocenters. The van der Waals surface area contributed by atoms with Crippen LogP contribution < -0.4 is 10.6 Å². The molecule has 41 heavy (non-hydrogen) atoms. The molecule has 0 bridgehead atoms. The van der Waals surface area contributed by atoms with Crippen LogP contribution in [0.4, 0.5) is 0 Å². The smallest absolute Gasteiger partial charge is 0.262 e. The quantitative estimate of drug-likeness (QED) is 0.339. The lowest BCUT2D eigenvalue weighted by atomic mass is 10.0. The van der Waals surface area contributed by atoms with Crippen LogP contribution in [0.5, 0.6) is 0 Å². The Kier molecular flexibility index (Phi) is 8.85. The normalized spacial score (nSPS) is 16.9. The summed E-state index contributed by atoms with van der Waals surface area (Å²) in [4.78, 5) is 52.9. The molecular formula is C31H30Cl2N4O4. The molecule has 3 aromatic carbocycles.